The largest absolute Gasteiger partial charge is 0.380 e. The summed E-state index contributed by atoms with van der Waals surface area (Å²) in [7, 11) is 0. The van der Waals surface area contributed by atoms with Crippen molar-refractivity contribution in [2.45, 2.75) is 13.5 Å². The third-order valence-electron chi connectivity index (χ3n) is 2.11. The van der Waals surface area contributed by atoms with Crippen LogP contribution in [0, 0.1) is 0 Å². The van der Waals surface area contributed by atoms with Crippen LogP contribution in [-0.4, -0.2) is 15.0 Å². The van der Waals surface area contributed by atoms with E-state index < -0.39 is 0 Å². The first-order chi connectivity index (χ1) is 6.83. The predicted octanol–water partition coefficient (Wildman–Crippen LogP) is 1.55. The van der Waals surface area contributed by atoms with Crippen molar-refractivity contribution in [1.82, 2.24) is 15.0 Å². The van der Waals surface area contributed by atoms with E-state index in [0.717, 1.165) is 17.8 Å². The van der Waals surface area contributed by atoms with Gasteiger partial charge in [0, 0.05) is 12.1 Å². The summed E-state index contributed by atoms with van der Waals surface area (Å²) in [6, 6.07) is 9.92. The Morgan fingerprint density at radius 2 is 2.00 bits per heavy atom. The van der Waals surface area contributed by atoms with Gasteiger partial charge in [-0.2, -0.15) is 0 Å². The van der Waals surface area contributed by atoms with Gasteiger partial charge in [-0.1, -0.05) is 35.5 Å². The normalized spacial score (nSPS) is 10.4. The maximum atomic E-state index is 5.75. The standard InChI is InChI=1S/C10H12N4/c1-2-14-9(10(11)12-13-14)8-6-4-3-5-7-8/h3-7H,2,11H2,1H3. The number of aromatic nitrogens is 3. The van der Waals surface area contributed by atoms with Crippen molar-refractivity contribution in [1.29, 1.82) is 0 Å². The molecular formula is C10H12N4. The zero-order chi connectivity index (χ0) is 9.97. The monoisotopic (exact) mass is 188 g/mol. The molecule has 1 aromatic heterocycles. The van der Waals surface area contributed by atoms with Crippen molar-refractivity contribution in [3.05, 3.63) is 30.3 Å². The lowest BCUT2D eigenvalue weighted by molar-refractivity contribution is 0.633. The number of hydrogen-bond donors (Lipinski definition) is 1. The van der Waals surface area contributed by atoms with Gasteiger partial charge in [0.15, 0.2) is 5.82 Å². The lowest BCUT2D eigenvalue weighted by atomic mass is 10.1. The van der Waals surface area contributed by atoms with Crippen LogP contribution in [-0.2, 0) is 6.54 Å². The summed E-state index contributed by atoms with van der Waals surface area (Å²) >= 11 is 0. The van der Waals surface area contributed by atoms with Crippen LogP contribution in [0.25, 0.3) is 11.3 Å². The minimum Gasteiger partial charge on any atom is -0.380 e. The smallest absolute Gasteiger partial charge is 0.174 e. The Labute approximate surface area is 82.4 Å². The number of aryl methyl sites for hydroxylation is 1. The maximum Gasteiger partial charge on any atom is 0.174 e. The Hall–Kier alpha value is -1.84. The number of benzene rings is 1. The zero-order valence-corrected chi connectivity index (χ0v) is 8.01. The molecule has 0 fully saturated rings. The SMILES string of the molecule is CCn1nnc(N)c1-c1ccccc1. The predicted molar refractivity (Wildman–Crippen MR) is 55.5 cm³/mol. The van der Waals surface area contributed by atoms with E-state index in [1.54, 1.807) is 4.68 Å². The molecule has 2 N–H and O–H groups in total. The fourth-order valence-electron chi connectivity index (χ4n) is 1.44. The highest BCUT2D eigenvalue weighted by Crippen LogP contribution is 2.22. The van der Waals surface area contributed by atoms with Crippen molar-refractivity contribution in [3.63, 3.8) is 0 Å². The quantitative estimate of drug-likeness (QED) is 0.777. The molecule has 0 amide bonds. The molecule has 14 heavy (non-hydrogen) atoms. The van der Waals surface area contributed by atoms with Crippen LogP contribution in [0.15, 0.2) is 30.3 Å². The molecule has 0 saturated carbocycles. The molecule has 0 saturated heterocycles. The van der Waals surface area contributed by atoms with Gasteiger partial charge in [-0.25, -0.2) is 4.68 Å². The molecule has 2 rings (SSSR count). The molecule has 72 valence electrons. The van der Waals surface area contributed by atoms with Crippen molar-refractivity contribution in [3.8, 4) is 11.3 Å². The lowest BCUT2D eigenvalue weighted by Crippen LogP contribution is -1.99. The van der Waals surface area contributed by atoms with Crippen LogP contribution in [0.5, 0.6) is 0 Å². The summed E-state index contributed by atoms with van der Waals surface area (Å²) in [6.07, 6.45) is 0. The maximum absolute atomic E-state index is 5.75. The molecule has 4 heteroatoms. The van der Waals surface area contributed by atoms with Crippen LogP contribution in [0.2, 0.25) is 0 Å². The van der Waals surface area contributed by atoms with E-state index in [1.807, 2.05) is 37.3 Å². The number of rotatable bonds is 2. The number of hydrogen-bond acceptors (Lipinski definition) is 3. The van der Waals surface area contributed by atoms with E-state index in [4.69, 9.17) is 5.73 Å². The lowest BCUT2D eigenvalue weighted by Gasteiger charge is -2.03. The summed E-state index contributed by atoms with van der Waals surface area (Å²) in [4.78, 5) is 0. The molecule has 2 aromatic rings. The molecule has 0 atom stereocenters. The van der Waals surface area contributed by atoms with Gasteiger partial charge in [0.2, 0.25) is 0 Å². The van der Waals surface area contributed by atoms with Crippen molar-refractivity contribution >= 4 is 5.82 Å². The first-order valence-electron chi connectivity index (χ1n) is 4.57. The number of nitrogens with zero attached hydrogens (tertiary/aromatic N) is 3. The summed E-state index contributed by atoms with van der Waals surface area (Å²) in [5.41, 5.74) is 7.70. The fourth-order valence-corrected chi connectivity index (χ4v) is 1.44. The van der Waals surface area contributed by atoms with E-state index in [9.17, 15) is 0 Å². The van der Waals surface area contributed by atoms with Gasteiger partial charge in [-0.3, -0.25) is 0 Å². The molecule has 0 aliphatic rings. The van der Waals surface area contributed by atoms with Crippen LogP contribution in [0.3, 0.4) is 0 Å². The highest BCUT2D eigenvalue weighted by atomic mass is 15.4. The van der Waals surface area contributed by atoms with Crippen molar-refractivity contribution in [2.24, 2.45) is 0 Å². The number of anilines is 1. The zero-order valence-electron chi connectivity index (χ0n) is 8.01. The highest BCUT2D eigenvalue weighted by molar-refractivity contribution is 5.69. The van der Waals surface area contributed by atoms with E-state index >= 15 is 0 Å². The number of nitrogen functional groups attached to an aromatic ring is 1. The summed E-state index contributed by atoms with van der Waals surface area (Å²) in [6.45, 7) is 2.79. The molecule has 4 nitrogen and oxygen atoms in total. The van der Waals surface area contributed by atoms with E-state index in [-0.39, 0.29) is 0 Å². The summed E-state index contributed by atoms with van der Waals surface area (Å²) in [5.74, 6) is 0.484. The fraction of sp³-hybridized carbons (Fsp3) is 0.200. The van der Waals surface area contributed by atoms with Gasteiger partial charge in [-0.15, -0.1) is 5.10 Å². The van der Waals surface area contributed by atoms with Gasteiger partial charge in [0.05, 0.1) is 0 Å². The first kappa shape index (κ1) is 8.74. The molecule has 0 unspecified atom stereocenters. The Balaban J connectivity index is 2.55. The Morgan fingerprint density at radius 1 is 1.29 bits per heavy atom. The topological polar surface area (TPSA) is 56.7 Å². The molecule has 0 aliphatic heterocycles. The van der Waals surface area contributed by atoms with Crippen molar-refractivity contribution < 1.29 is 0 Å². The van der Waals surface area contributed by atoms with Gasteiger partial charge in [-0.05, 0) is 6.92 Å². The van der Waals surface area contributed by atoms with Gasteiger partial charge < -0.3 is 5.73 Å². The average Bonchev–Trinajstić information content (AvgIpc) is 2.61. The molecule has 0 radical (unpaired) electrons. The minimum absolute atomic E-state index is 0.484. The van der Waals surface area contributed by atoms with E-state index in [0.29, 0.717) is 5.82 Å². The Morgan fingerprint density at radius 3 is 2.64 bits per heavy atom. The summed E-state index contributed by atoms with van der Waals surface area (Å²) in [5, 5.41) is 7.81. The first-order valence-corrected chi connectivity index (χ1v) is 4.57. The minimum atomic E-state index is 0.484. The van der Waals surface area contributed by atoms with E-state index in [2.05, 4.69) is 10.3 Å². The van der Waals surface area contributed by atoms with Crippen LogP contribution in [0.4, 0.5) is 5.82 Å². The molecular weight excluding hydrogens is 176 g/mol. The van der Waals surface area contributed by atoms with Crippen LogP contribution in [0.1, 0.15) is 6.92 Å². The molecule has 0 aliphatic carbocycles. The molecule has 0 spiro atoms. The summed E-state index contributed by atoms with van der Waals surface area (Å²) < 4.78 is 1.80. The molecule has 0 bridgehead atoms. The van der Waals surface area contributed by atoms with Gasteiger partial charge in [0.25, 0.3) is 0 Å². The Bertz CT molecular complexity index is 419. The Kier molecular flexibility index (Phi) is 2.18. The van der Waals surface area contributed by atoms with Crippen molar-refractivity contribution in [2.75, 3.05) is 5.73 Å². The second-order valence-electron chi connectivity index (χ2n) is 3.01. The third-order valence-corrected chi connectivity index (χ3v) is 2.11. The van der Waals surface area contributed by atoms with Crippen LogP contribution < -0.4 is 5.73 Å². The highest BCUT2D eigenvalue weighted by Gasteiger charge is 2.09. The second kappa shape index (κ2) is 3.49. The number of nitrogens with two attached hydrogens (primary N) is 1. The average molecular weight is 188 g/mol. The molecule has 1 heterocycles. The van der Waals surface area contributed by atoms with E-state index in [1.165, 1.54) is 0 Å². The molecule has 1 aromatic carbocycles. The second-order valence-corrected chi connectivity index (χ2v) is 3.01. The van der Waals surface area contributed by atoms with Crippen LogP contribution >= 0.6 is 0 Å². The van der Waals surface area contributed by atoms with Gasteiger partial charge >= 0.3 is 0 Å². The third kappa shape index (κ3) is 1.35. The van der Waals surface area contributed by atoms with Gasteiger partial charge in [0.1, 0.15) is 5.69 Å².